The third-order valence-electron chi connectivity index (χ3n) is 7.44. The number of carboxylic acid groups (broad SMARTS) is 1. The molecule has 3 atom stereocenters. The SMILES string of the molecule is COc1ccc(C#CCN2CC[C@@H](CCC(F)c3ccnc4ccc(OC)cc34)[C@@H](CCC(=O)O)C2)cc1. The van der Waals surface area contributed by atoms with Crippen LogP contribution in [0.5, 0.6) is 11.5 Å². The van der Waals surface area contributed by atoms with Crippen molar-refractivity contribution >= 4 is 16.9 Å². The number of fused-ring (bicyclic) bond motifs is 1. The highest BCUT2D eigenvalue weighted by atomic mass is 19.1. The molecular formula is C31H35FN2O4. The van der Waals surface area contributed by atoms with E-state index in [1.54, 1.807) is 26.5 Å². The second kappa shape index (κ2) is 13.3. The average molecular weight is 519 g/mol. The van der Waals surface area contributed by atoms with Crippen LogP contribution in [0, 0.1) is 23.7 Å². The Bertz CT molecular complexity index is 1280. The molecule has 0 saturated carbocycles. The van der Waals surface area contributed by atoms with Crippen LogP contribution in [0.1, 0.15) is 49.4 Å². The number of alkyl halides is 1. The van der Waals surface area contributed by atoms with Gasteiger partial charge in [-0.3, -0.25) is 14.7 Å². The van der Waals surface area contributed by atoms with Crippen LogP contribution in [0.4, 0.5) is 4.39 Å². The van der Waals surface area contributed by atoms with Gasteiger partial charge >= 0.3 is 5.97 Å². The van der Waals surface area contributed by atoms with Crippen molar-refractivity contribution in [2.45, 2.75) is 38.3 Å². The maximum Gasteiger partial charge on any atom is 0.303 e. The molecule has 38 heavy (non-hydrogen) atoms. The Labute approximate surface area is 223 Å². The zero-order chi connectivity index (χ0) is 26.9. The van der Waals surface area contributed by atoms with Gasteiger partial charge < -0.3 is 14.6 Å². The molecule has 1 aliphatic rings. The van der Waals surface area contributed by atoms with Gasteiger partial charge in [0.25, 0.3) is 0 Å². The lowest BCUT2D eigenvalue weighted by atomic mass is 9.79. The Morgan fingerprint density at radius 3 is 2.61 bits per heavy atom. The van der Waals surface area contributed by atoms with Crippen molar-refractivity contribution in [1.82, 2.24) is 9.88 Å². The Morgan fingerprint density at radius 2 is 1.87 bits per heavy atom. The highest BCUT2D eigenvalue weighted by Gasteiger charge is 2.30. The van der Waals surface area contributed by atoms with E-state index in [0.717, 1.165) is 41.7 Å². The summed E-state index contributed by atoms with van der Waals surface area (Å²) in [6, 6.07) is 14.9. The van der Waals surface area contributed by atoms with E-state index in [9.17, 15) is 9.90 Å². The van der Waals surface area contributed by atoms with Crippen molar-refractivity contribution in [2.24, 2.45) is 11.8 Å². The number of carboxylic acids is 1. The molecule has 0 radical (unpaired) electrons. The number of benzene rings is 2. The monoisotopic (exact) mass is 518 g/mol. The first-order valence-corrected chi connectivity index (χ1v) is 13.1. The zero-order valence-electron chi connectivity index (χ0n) is 22.0. The highest BCUT2D eigenvalue weighted by molar-refractivity contribution is 5.83. The molecule has 1 aromatic heterocycles. The summed E-state index contributed by atoms with van der Waals surface area (Å²) in [7, 11) is 3.23. The van der Waals surface area contributed by atoms with Crippen LogP contribution in [0.3, 0.4) is 0 Å². The van der Waals surface area contributed by atoms with E-state index in [2.05, 4.69) is 21.7 Å². The Hall–Kier alpha value is -3.63. The number of halogens is 1. The number of pyridine rings is 1. The van der Waals surface area contributed by atoms with E-state index in [1.165, 1.54) is 0 Å². The molecule has 7 heteroatoms. The number of likely N-dealkylation sites (tertiary alicyclic amines) is 1. The number of nitrogens with zero attached hydrogens (tertiary/aromatic N) is 2. The van der Waals surface area contributed by atoms with E-state index < -0.39 is 12.1 Å². The van der Waals surface area contributed by atoms with Crippen molar-refractivity contribution in [3.8, 4) is 23.3 Å². The Kier molecular flexibility index (Phi) is 9.56. The number of rotatable bonds is 10. The molecule has 200 valence electrons. The van der Waals surface area contributed by atoms with E-state index in [-0.39, 0.29) is 18.3 Å². The second-order valence-electron chi connectivity index (χ2n) is 9.83. The summed E-state index contributed by atoms with van der Waals surface area (Å²) < 4.78 is 26.1. The first-order chi connectivity index (χ1) is 18.5. The smallest absolute Gasteiger partial charge is 0.303 e. The first kappa shape index (κ1) is 27.4. The molecule has 0 spiro atoms. The van der Waals surface area contributed by atoms with Gasteiger partial charge in [0.2, 0.25) is 0 Å². The Morgan fingerprint density at radius 1 is 1.11 bits per heavy atom. The van der Waals surface area contributed by atoms with E-state index in [0.29, 0.717) is 37.1 Å². The van der Waals surface area contributed by atoms with Gasteiger partial charge in [-0.1, -0.05) is 11.8 Å². The lowest BCUT2D eigenvalue weighted by Crippen LogP contribution is -2.41. The minimum atomic E-state index is -1.12. The van der Waals surface area contributed by atoms with Crippen molar-refractivity contribution in [3.05, 3.63) is 65.9 Å². The summed E-state index contributed by atoms with van der Waals surface area (Å²) in [6.45, 7) is 2.28. The normalized spacial score (nSPS) is 18.4. The summed E-state index contributed by atoms with van der Waals surface area (Å²) in [4.78, 5) is 18.0. The lowest BCUT2D eigenvalue weighted by Gasteiger charge is -2.38. The summed E-state index contributed by atoms with van der Waals surface area (Å²) in [5, 5.41) is 10.1. The minimum absolute atomic E-state index is 0.125. The van der Waals surface area contributed by atoms with Gasteiger partial charge in [0.1, 0.15) is 17.7 Å². The summed E-state index contributed by atoms with van der Waals surface area (Å²) in [5.74, 6) is 7.60. The standard InChI is InChI=1S/C31H35FN2O4/c1-37-25-9-5-22(6-10-25)4-3-18-34-19-16-23(24(21-34)8-14-31(35)36)7-12-29(32)27-15-17-33-30-13-11-26(38-2)20-28(27)30/h5-6,9-11,13,15,17,20,23-24,29H,7-8,12,14,16,18-19,21H2,1-2H3,(H,35,36)/t23-,24+,29?/m1/s1. The largest absolute Gasteiger partial charge is 0.497 e. The minimum Gasteiger partial charge on any atom is -0.497 e. The molecule has 2 heterocycles. The topological polar surface area (TPSA) is 71.9 Å². The van der Waals surface area contributed by atoms with Crippen molar-refractivity contribution in [1.29, 1.82) is 0 Å². The molecule has 0 bridgehead atoms. The molecule has 0 aliphatic carbocycles. The number of hydrogen-bond donors (Lipinski definition) is 1. The van der Waals surface area contributed by atoms with Crippen LogP contribution in [0.25, 0.3) is 10.9 Å². The summed E-state index contributed by atoms with van der Waals surface area (Å²) in [6.07, 6.45) is 3.26. The van der Waals surface area contributed by atoms with Crippen LogP contribution in [-0.2, 0) is 4.79 Å². The van der Waals surface area contributed by atoms with Gasteiger partial charge in [-0.25, -0.2) is 4.39 Å². The van der Waals surface area contributed by atoms with Crippen LogP contribution in [-0.4, -0.2) is 54.8 Å². The number of aliphatic carboxylic acids is 1. The second-order valence-corrected chi connectivity index (χ2v) is 9.83. The molecule has 2 aromatic carbocycles. The lowest BCUT2D eigenvalue weighted by molar-refractivity contribution is -0.137. The molecular weight excluding hydrogens is 483 g/mol. The Balaban J connectivity index is 1.38. The molecule has 1 N–H and O–H groups in total. The van der Waals surface area contributed by atoms with Gasteiger partial charge in [-0.2, -0.15) is 0 Å². The van der Waals surface area contributed by atoms with E-state index >= 15 is 4.39 Å². The third-order valence-corrected chi connectivity index (χ3v) is 7.44. The fourth-order valence-electron chi connectivity index (χ4n) is 5.31. The average Bonchev–Trinajstić information content (AvgIpc) is 2.95. The maximum absolute atomic E-state index is 15.5. The molecule has 1 unspecified atom stereocenters. The molecule has 1 aliphatic heterocycles. The van der Waals surface area contributed by atoms with Crippen molar-refractivity contribution in [2.75, 3.05) is 33.9 Å². The molecule has 0 amide bonds. The molecule has 4 rings (SSSR count). The summed E-state index contributed by atoms with van der Waals surface area (Å²) >= 11 is 0. The molecule has 1 saturated heterocycles. The first-order valence-electron chi connectivity index (χ1n) is 13.1. The van der Waals surface area contributed by atoms with Gasteiger partial charge in [0, 0.05) is 30.1 Å². The molecule has 3 aromatic rings. The number of aromatic nitrogens is 1. The number of hydrogen-bond acceptors (Lipinski definition) is 5. The van der Waals surface area contributed by atoms with Crippen LogP contribution in [0.15, 0.2) is 54.7 Å². The van der Waals surface area contributed by atoms with Crippen molar-refractivity contribution < 1.29 is 23.8 Å². The predicted octanol–water partition coefficient (Wildman–Crippen LogP) is 5.90. The van der Waals surface area contributed by atoms with Gasteiger partial charge in [-0.15, -0.1) is 0 Å². The summed E-state index contributed by atoms with van der Waals surface area (Å²) in [5.41, 5.74) is 2.30. The number of piperidine rings is 1. The van der Waals surface area contributed by atoms with Gasteiger partial charge in [0.15, 0.2) is 0 Å². The van der Waals surface area contributed by atoms with Gasteiger partial charge in [0.05, 0.1) is 26.3 Å². The zero-order valence-corrected chi connectivity index (χ0v) is 22.0. The predicted molar refractivity (Wildman–Crippen MR) is 146 cm³/mol. The highest BCUT2D eigenvalue weighted by Crippen LogP contribution is 2.36. The molecule has 6 nitrogen and oxygen atoms in total. The quantitative estimate of drug-likeness (QED) is 0.337. The van der Waals surface area contributed by atoms with E-state index in [1.807, 2.05) is 42.5 Å². The maximum atomic E-state index is 15.5. The number of ether oxygens (including phenoxy) is 2. The third kappa shape index (κ3) is 7.23. The fraction of sp³-hybridized carbons (Fsp3) is 0.419. The van der Waals surface area contributed by atoms with E-state index in [4.69, 9.17) is 9.47 Å². The number of carbonyl (C=O) groups is 1. The fourth-order valence-corrected chi connectivity index (χ4v) is 5.31. The number of methoxy groups -OCH3 is 2. The van der Waals surface area contributed by atoms with Crippen LogP contribution >= 0.6 is 0 Å². The van der Waals surface area contributed by atoms with Crippen molar-refractivity contribution in [3.63, 3.8) is 0 Å². The van der Waals surface area contributed by atoms with Gasteiger partial charge in [-0.05, 0) is 98.2 Å². The van der Waals surface area contributed by atoms with Crippen LogP contribution in [0.2, 0.25) is 0 Å². The van der Waals surface area contributed by atoms with Crippen LogP contribution < -0.4 is 9.47 Å². The molecule has 1 fully saturated rings.